The molecule has 0 amide bonds. The smallest absolute Gasteiger partial charge is 0.269 e. The van der Waals surface area contributed by atoms with E-state index in [0.717, 1.165) is 84.4 Å². The van der Waals surface area contributed by atoms with Gasteiger partial charge in [-0.1, -0.05) is 12.1 Å². The fraction of sp³-hybridized carbons (Fsp3) is 0.472. The molecule has 0 saturated carbocycles. The number of rotatable bonds is 6. The van der Waals surface area contributed by atoms with Crippen LogP contribution in [0.1, 0.15) is 50.7 Å². The highest BCUT2D eigenvalue weighted by molar-refractivity contribution is 5.80. The van der Waals surface area contributed by atoms with Gasteiger partial charge in [-0.05, 0) is 75.9 Å². The fourth-order valence-corrected chi connectivity index (χ4v) is 6.37. The van der Waals surface area contributed by atoms with E-state index in [1.807, 2.05) is 54.8 Å². The molecule has 4 heterocycles. The number of likely N-dealkylation sites (tertiary alicyclic amines) is 2. The van der Waals surface area contributed by atoms with Gasteiger partial charge in [-0.15, -0.1) is 0 Å². The number of piperidine rings is 2. The van der Waals surface area contributed by atoms with Crippen LogP contribution in [0.15, 0.2) is 58.4 Å². The monoisotopic (exact) mass is 686 g/mol. The highest BCUT2D eigenvalue weighted by Crippen LogP contribution is 2.18. The minimum Gasteiger partial charge on any atom is -0.393 e. The molecule has 2 aromatic heterocycles. The van der Waals surface area contributed by atoms with Crippen molar-refractivity contribution in [1.82, 2.24) is 28.9 Å². The lowest BCUT2D eigenvalue weighted by atomic mass is 10.0. The van der Waals surface area contributed by atoms with Crippen LogP contribution < -0.4 is 11.1 Å². The Morgan fingerprint density at radius 1 is 0.760 bits per heavy atom. The first-order chi connectivity index (χ1) is 23.9. The lowest BCUT2D eigenvalue weighted by molar-refractivity contribution is -0.122. The van der Waals surface area contributed by atoms with Crippen molar-refractivity contribution >= 4 is 40.0 Å². The molecule has 0 bridgehead atoms. The van der Waals surface area contributed by atoms with Crippen molar-refractivity contribution in [2.45, 2.75) is 84.7 Å². The second-order valence-corrected chi connectivity index (χ2v) is 12.6. The summed E-state index contributed by atoms with van der Waals surface area (Å²) < 4.78 is 3.60. The number of hydrogen-bond acceptors (Lipinski definition) is 12. The van der Waals surface area contributed by atoms with Crippen LogP contribution in [0, 0.1) is 24.7 Å². The summed E-state index contributed by atoms with van der Waals surface area (Å²) in [5.74, 6) is 0.339. The number of carbonyl (C=O) groups is 1. The van der Waals surface area contributed by atoms with Crippen LogP contribution in [0.3, 0.4) is 0 Å². The Labute approximate surface area is 290 Å². The molecule has 14 nitrogen and oxygen atoms in total. The summed E-state index contributed by atoms with van der Waals surface area (Å²) in [5.41, 5.74) is 5.60. The van der Waals surface area contributed by atoms with Gasteiger partial charge in [-0.25, -0.2) is 30.4 Å². The van der Waals surface area contributed by atoms with Gasteiger partial charge in [0.15, 0.2) is 0 Å². The van der Waals surface area contributed by atoms with E-state index in [1.165, 1.54) is 12.4 Å². The molecule has 4 aromatic rings. The largest absolute Gasteiger partial charge is 0.393 e. The van der Waals surface area contributed by atoms with Gasteiger partial charge in [-0.3, -0.25) is 24.2 Å². The molecule has 3 unspecified atom stereocenters. The van der Waals surface area contributed by atoms with Gasteiger partial charge < -0.3 is 14.2 Å². The van der Waals surface area contributed by atoms with Gasteiger partial charge in [0.05, 0.1) is 40.6 Å². The molecule has 2 aliphatic heterocycles. The van der Waals surface area contributed by atoms with E-state index in [1.54, 1.807) is 4.57 Å². The third-order valence-electron chi connectivity index (χ3n) is 9.04. The predicted octanol–water partition coefficient (Wildman–Crippen LogP) is 3.11. The second-order valence-electron chi connectivity index (χ2n) is 12.6. The van der Waals surface area contributed by atoms with Gasteiger partial charge in [0.2, 0.25) is 12.2 Å². The number of nitrogens with one attached hydrogen (secondary N) is 2. The quantitative estimate of drug-likeness (QED) is 0.200. The minimum atomic E-state index is -0.182. The number of carbonyl (C=O) groups excluding carboxylic acids is 3. The number of benzene rings is 2. The minimum absolute atomic E-state index is 0.0530. The number of isocyanates is 2. The maximum atomic E-state index is 12.2. The van der Waals surface area contributed by atoms with Crippen molar-refractivity contribution in [3.63, 3.8) is 0 Å². The summed E-state index contributed by atoms with van der Waals surface area (Å²) in [7, 11) is 0. The number of aliphatic hydroxyl groups excluding tert-OH is 1. The Kier molecular flexibility index (Phi) is 15.2. The lowest BCUT2D eigenvalue weighted by Crippen LogP contribution is -2.44. The van der Waals surface area contributed by atoms with Crippen molar-refractivity contribution < 1.29 is 19.5 Å². The van der Waals surface area contributed by atoms with E-state index < -0.39 is 0 Å². The molecule has 3 atom stereocenters. The molecule has 2 fully saturated rings. The van der Waals surface area contributed by atoms with E-state index in [4.69, 9.17) is 20.4 Å². The number of fused-ring (bicyclic) bond motifs is 2. The third kappa shape index (κ3) is 11.0. The lowest BCUT2D eigenvalue weighted by Gasteiger charge is -2.35. The van der Waals surface area contributed by atoms with E-state index in [9.17, 15) is 19.5 Å². The number of Topliss-reactive ketones (excluding diaryl/α,β-unsaturated/α-hetero) is 1. The van der Waals surface area contributed by atoms with Crippen molar-refractivity contribution in [2.75, 3.05) is 26.2 Å². The van der Waals surface area contributed by atoms with E-state index >= 15 is 0 Å². The van der Waals surface area contributed by atoms with E-state index in [0.29, 0.717) is 37.8 Å². The Balaban J connectivity index is 0.000000234. The SMILES string of the molecule is Cc1ccc2ncc(=O)n(CCN3CCC(=O)CC3C)c2c1.Cc1ccc2ncc(=O)n(CCN3CCC(O)CC3C)c2c1.N=C=O.N=C=O. The molecule has 50 heavy (non-hydrogen) atoms. The summed E-state index contributed by atoms with van der Waals surface area (Å²) in [6.07, 6.45) is 6.97. The number of aromatic nitrogens is 4. The average Bonchev–Trinajstić information content (AvgIpc) is 3.06. The van der Waals surface area contributed by atoms with Crippen LogP contribution in [0.4, 0.5) is 0 Å². The number of ketones is 1. The fourth-order valence-electron chi connectivity index (χ4n) is 6.37. The summed E-state index contributed by atoms with van der Waals surface area (Å²) in [5, 5.41) is 20.5. The first-order valence-electron chi connectivity index (χ1n) is 16.6. The molecular formula is C36H46N8O6. The van der Waals surface area contributed by atoms with Crippen molar-refractivity contribution in [1.29, 1.82) is 10.8 Å². The summed E-state index contributed by atoms with van der Waals surface area (Å²) >= 11 is 0. The summed E-state index contributed by atoms with van der Waals surface area (Å²) in [6.45, 7) is 12.8. The Hall–Kier alpha value is -4.97. The van der Waals surface area contributed by atoms with Gasteiger partial charge in [0, 0.05) is 64.2 Å². The number of aliphatic hydroxyl groups is 1. The predicted molar refractivity (Wildman–Crippen MR) is 190 cm³/mol. The normalized spacial score (nSPS) is 19.1. The molecule has 2 saturated heterocycles. The zero-order valence-electron chi connectivity index (χ0n) is 29.1. The highest BCUT2D eigenvalue weighted by atomic mass is 16.3. The molecule has 2 aliphatic rings. The Bertz CT molecular complexity index is 1930. The zero-order valence-corrected chi connectivity index (χ0v) is 29.1. The maximum Gasteiger partial charge on any atom is 0.269 e. The topological polar surface area (TPSA) is 195 Å². The van der Waals surface area contributed by atoms with Crippen LogP contribution in [-0.4, -0.2) is 96.3 Å². The Morgan fingerprint density at radius 2 is 1.22 bits per heavy atom. The molecule has 2 aromatic carbocycles. The summed E-state index contributed by atoms with van der Waals surface area (Å²) in [6, 6.07) is 12.6. The molecule has 0 radical (unpaired) electrons. The van der Waals surface area contributed by atoms with Gasteiger partial charge in [0.1, 0.15) is 5.78 Å². The first kappa shape index (κ1) is 39.5. The number of aryl methyl sites for hydroxylation is 2. The van der Waals surface area contributed by atoms with Gasteiger partial charge in [-0.2, -0.15) is 0 Å². The molecular weight excluding hydrogens is 640 g/mol. The van der Waals surface area contributed by atoms with Crippen LogP contribution in [0.5, 0.6) is 0 Å². The van der Waals surface area contributed by atoms with Crippen molar-refractivity contribution in [2.24, 2.45) is 0 Å². The molecule has 0 spiro atoms. The Morgan fingerprint density at radius 3 is 1.66 bits per heavy atom. The zero-order chi connectivity index (χ0) is 36.8. The van der Waals surface area contributed by atoms with E-state index in [-0.39, 0.29) is 23.3 Å². The molecule has 14 heteroatoms. The standard InChI is InChI=1S/C17H23N3O2.C17H21N3O2.2CHNO/c2*1-12-3-4-15-16(9-12)20(17(22)11-18-15)8-7-19-6-5-14(21)10-13(19)2;2*2-1-3/h3-4,9,11,13-14,21H,5-8,10H2,1-2H3;3-4,9,11,13H,5-8,10H2,1-2H3;2*2H. The van der Waals surface area contributed by atoms with Gasteiger partial charge >= 0.3 is 0 Å². The number of hydrogen-bond donors (Lipinski definition) is 3. The molecule has 266 valence electrons. The highest BCUT2D eigenvalue weighted by Gasteiger charge is 2.24. The van der Waals surface area contributed by atoms with Crippen LogP contribution >= 0.6 is 0 Å². The first-order valence-corrected chi connectivity index (χ1v) is 16.6. The van der Waals surface area contributed by atoms with Crippen LogP contribution in [0.25, 0.3) is 22.1 Å². The van der Waals surface area contributed by atoms with Crippen molar-refractivity contribution in [3.05, 3.63) is 80.6 Å². The molecule has 0 aliphatic carbocycles. The average molecular weight is 687 g/mol. The van der Waals surface area contributed by atoms with Crippen LogP contribution in [0.2, 0.25) is 0 Å². The van der Waals surface area contributed by atoms with Crippen molar-refractivity contribution in [3.8, 4) is 0 Å². The number of nitrogens with zero attached hydrogens (tertiary/aromatic N) is 6. The second kappa shape index (κ2) is 19.3. The molecule has 3 N–H and O–H groups in total. The maximum absolute atomic E-state index is 12.2. The third-order valence-corrected chi connectivity index (χ3v) is 9.04. The summed E-state index contributed by atoms with van der Waals surface area (Å²) in [4.78, 5) is 65.6. The van der Waals surface area contributed by atoms with Gasteiger partial charge in [0.25, 0.3) is 11.1 Å². The van der Waals surface area contributed by atoms with Crippen LogP contribution in [-0.2, 0) is 27.5 Å². The van der Waals surface area contributed by atoms with E-state index in [2.05, 4.69) is 33.6 Å². The molecule has 6 rings (SSSR count).